The molecule has 0 radical (unpaired) electrons. The van der Waals surface area contributed by atoms with Crippen molar-refractivity contribution in [2.75, 3.05) is 10.2 Å². The Kier molecular flexibility index (Phi) is 3.17. The molecule has 1 heterocycles. The summed E-state index contributed by atoms with van der Waals surface area (Å²) in [6.45, 7) is 3.93. The molecular weight excluding hydrogens is 238 g/mol. The van der Waals surface area contributed by atoms with Gasteiger partial charge in [-0.1, -0.05) is 13.8 Å². The summed E-state index contributed by atoms with van der Waals surface area (Å²) in [5.74, 6) is 0.245. The smallest absolute Gasteiger partial charge is 0.229 e. The number of anilines is 2. The maximum Gasteiger partial charge on any atom is 0.229 e. The lowest BCUT2D eigenvalue weighted by atomic mass is 10.1. The zero-order valence-corrected chi connectivity index (χ0v) is 11.6. The number of aromatic nitrogens is 1. The van der Waals surface area contributed by atoms with E-state index in [9.17, 15) is 4.79 Å². The summed E-state index contributed by atoms with van der Waals surface area (Å²) in [4.78, 5) is 18.6. The van der Waals surface area contributed by atoms with E-state index in [-0.39, 0.29) is 11.8 Å². The molecule has 2 aliphatic carbocycles. The van der Waals surface area contributed by atoms with Crippen LogP contribution in [0.2, 0.25) is 0 Å². The average molecular weight is 259 g/mol. The van der Waals surface area contributed by atoms with E-state index in [0.29, 0.717) is 12.1 Å². The molecule has 102 valence electrons. The minimum absolute atomic E-state index is 0.0301. The molecule has 0 unspecified atom stereocenters. The maximum atomic E-state index is 12.5. The first-order valence-electron chi connectivity index (χ1n) is 7.20. The van der Waals surface area contributed by atoms with E-state index >= 15 is 0 Å². The first-order chi connectivity index (χ1) is 9.16. The van der Waals surface area contributed by atoms with Crippen LogP contribution in [-0.2, 0) is 4.79 Å². The van der Waals surface area contributed by atoms with E-state index in [2.05, 4.69) is 10.3 Å². The van der Waals surface area contributed by atoms with Crippen molar-refractivity contribution in [1.29, 1.82) is 0 Å². The van der Waals surface area contributed by atoms with Gasteiger partial charge in [0.1, 0.15) is 0 Å². The second kappa shape index (κ2) is 4.83. The predicted molar refractivity (Wildman–Crippen MR) is 76.2 cm³/mol. The molecule has 1 aromatic heterocycles. The third kappa shape index (κ3) is 2.72. The van der Waals surface area contributed by atoms with Crippen LogP contribution in [0.15, 0.2) is 18.5 Å². The average Bonchev–Trinajstić information content (AvgIpc) is 3.24. The van der Waals surface area contributed by atoms with Crippen LogP contribution in [0.1, 0.15) is 39.5 Å². The minimum Gasteiger partial charge on any atom is -0.379 e. The number of amides is 1. The van der Waals surface area contributed by atoms with Crippen molar-refractivity contribution in [2.24, 2.45) is 5.92 Å². The highest BCUT2D eigenvalue weighted by Gasteiger charge is 2.36. The summed E-state index contributed by atoms with van der Waals surface area (Å²) < 4.78 is 0. The number of hydrogen-bond donors (Lipinski definition) is 1. The fraction of sp³-hybridized carbons (Fsp3) is 0.600. The van der Waals surface area contributed by atoms with Crippen LogP contribution in [0, 0.1) is 5.92 Å². The van der Waals surface area contributed by atoms with Gasteiger partial charge in [-0.25, -0.2) is 0 Å². The monoisotopic (exact) mass is 259 g/mol. The quantitative estimate of drug-likeness (QED) is 0.884. The Hall–Kier alpha value is -1.58. The first kappa shape index (κ1) is 12.5. The Morgan fingerprint density at radius 2 is 2.11 bits per heavy atom. The fourth-order valence-corrected chi connectivity index (χ4v) is 2.26. The van der Waals surface area contributed by atoms with Crippen LogP contribution >= 0.6 is 0 Å². The highest BCUT2D eigenvalue weighted by Crippen LogP contribution is 2.38. The first-order valence-corrected chi connectivity index (χ1v) is 7.20. The Morgan fingerprint density at radius 3 is 2.68 bits per heavy atom. The van der Waals surface area contributed by atoms with Crippen LogP contribution in [0.4, 0.5) is 11.4 Å². The molecule has 3 rings (SSSR count). The summed E-state index contributed by atoms with van der Waals surface area (Å²) in [6, 6.07) is 2.92. The zero-order valence-electron chi connectivity index (χ0n) is 11.6. The van der Waals surface area contributed by atoms with E-state index in [1.54, 1.807) is 6.20 Å². The molecule has 0 saturated heterocycles. The van der Waals surface area contributed by atoms with Gasteiger partial charge in [-0.2, -0.15) is 0 Å². The maximum absolute atomic E-state index is 12.5. The zero-order chi connectivity index (χ0) is 13.4. The van der Waals surface area contributed by atoms with Crippen molar-refractivity contribution in [3.05, 3.63) is 18.5 Å². The van der Waals surface area contributed by atoms with Crippen LogP contribution in [0.25, 0.3) is 0 Å². The van der Waals surface area contributed by atoms with E-state index < -0.39 is 0 Å². The van der Waals surface area contributed by atoms with Crippen LogP contribution in [0.5, 0.6) is 0 Å². The third-order valence-electron chi connectivity index (χ3n) is 3.64. The van der Waals surface area contributed by atoms with Gasteiger partial charge >= 0.3 is 0 Å². The lowest BCUT2D eigenvalue weighted by molar-refractivity contribution is -0.121. The highest BCUT2D eigenvalue weighted by molar-refractivity contribution is 5.98. The molecule has 19 heavy (non-hydrogen) atoms. The van der Waals surface area contributed by atoms with E-state index in [4.69, 9.17) is 0 Å². The fourth-order valence-electron chi connectivity index (χ4n) is 2.26. The molecule has 1 N–H and O–H groups in total. The standard InChI is InChI=1S/C15H21N3O/c1-10(2)15(19)18(12-5-6-12)14-7-8-16-9-13(14)17-11-3-4-11/h7-12,17H,3-6H2,1-2H3. The number of hydrogen-bond acceptors (Lipinski definition) is 3. The van der Waals surface area contributed by atoms with Crippen LogP contribution in [-0.4, -0.2) is 23.0 Å². The van der Waals surface area contributed by atoms with E-state index in [1.807, 2.05) is 31.0 Å². The molecule has 2 fully saturated rings. The van der Waals surface area contributed by atoms with Gasteiger partial charge in [0.25, 0.3) is 0 Å². The van der Waals surface area contributed by atoms with Gasteiger partial charge < -0.3 is 10.2 Å². The predicted octanol–water partition coefficient (Wildman–Crippen LogP) is 2.81. The Balaban J connectivity index is 1.90. The Labute approximate surface area is 114 Å². The van der Waals surface area contributed by atoms with Crippen molar-refractivity contribution in [1.82, 2.24) is 4.98 Å². The molecule has 4 heteroatoms. The van der Waals surface area contributed by atoms with Gasteiger partial charge in [0, 0.05) is 24.2 Å². The summed E-state index contributed by atoms with van der Waals surface area (Å²) in [7, 11) is 0. The van der Waals surface area contributed by atoms with Crippen molar-refractivity contribution >= 4 is 17.3 Å². The number of pyridine rings is 1. The van der Waals surface area contributed by atoms with Crippen LogP contribution in [0.3, 0.4) is 0 Å². The molecule has 4 nitrogen and oxygen atoms in total. The van der Waals surface area contributed by atoms with Crippen molar-refractivity contribution in [2.45, 2.75) is 51.6 Å². The van der Waals surface area contributed by atoms with Crippen LogP contribution < -0.4 is 10.2 Å². The molecule has 1 aromatic rings. The molecular formula is C15H21N3O. The van der Waals surface area contributed by atoms with Gasteiger partial charge in [0.05, 0.1) is 17.6 Å². The third-order valence-corrected chi connectivity index (χ3v) is 3.64. The molecule has 0 bridgehead atoms. The minimum atomic E-state index is 0.0301. The largest absolute Gasteiger partial charge is 0.379 e. The van der Waals surface area contributed by atoms with Gasteiger partial charge in [-0.05, 0) is 31.7 Å². The molecule has 0 atom stereocenters. The van der Waals surface area contributed by atoms with Gasteiger partial charge in [0.15, 0.2) is 0 Å². The summed E-state index contributed by atoms with van der Waals surface area (Å²) in [5.41, 5.74) is 2.01. The van der Waals surface area contributed by atoms with Gasteiger partial charge in [0.2, 0.25) is 5.91 Å². The number of nitrogens with zero attached hydrogens (tertiary/aromatic N) is 2. The number of nitrogens with one attached hydrogen (secondary N) is 1. The lowest BCUT2D eigenvalue weighted by Crippen LogP contribution is -2.36. The Morgan fingerprint density at radius 1 is 1.37 bits per heavy atom. The second-order valence-electron chi connectivity index (χ2n) is 5.91. The molecule has 2 saturated carbocycles. The Bertz CT molecular complexity index is 478. The molecule has 0 aliphatic heterocycles. The summed E-state index contributed by atoms with van der Waals surface area (Å²) in [6.07, 6.45) is 8.28. The van der Waals surface area contributed by atoms with E-state index in [0.717, 1.165) is 24.2 Å². The van der Waals surface area contributed by atoms with Gasteiger partial charge in [-0.3, -0.25) is 9.78 Å². The molecule has 0 aromatic carbocycles. The number of carbonyl (C=O) groups excluding carboxylic acids is 1. The SMILES string of the molecule is CC(C)C(=O)N(c1ccncc1NC1CC1)C1CC1. The highest BCUT2D eigenvalue weighted by atomic mass is 16.2. The summed E-state index contributed by atoms with van der Waals surface area (Å²) in [5, 5.41) is 3.48. The topological polar surface area (TPSA) is 45.2 Å². The number of rotatable bonds is 5. The number of carbonyl (C=O) groups is 1. The normalized spacial score (nSPS) is 18.5. The van der Waals surface area contributed by atoms with Crippen molar-refractivity contribution in [3.8, 4) is 0 Å². The molecule has 0 spiro atoms. The van der Waals surface area contributed by atoms with Gasteiger partial charge in [-0.15, -0.1) is 0 Å². The molecule has 1 amide bonds. The van der Waals surface area contributed by atoms with Crippen molar-refractivity contribution < 1.29 is 4.79 Å². The molecule has 2 aliphatic rings. The van der Waals surface area contributed by atoms with Crippen molar-refractivity contribution in [3.63, 3.8) is 0 Å². The lowest BCUT2D eigenvalue weighted by Gasteiger charge is -2.27. The second-order valence-corrected chi connectivity index (χ2v) is 5.91. The van der Waals surface area contributed by atoms with E-state index in [1.165, 1.54) is 12.8 Å². The summed E-state index contributed by atoms with van der Waals surface area (Å²) >= 11 is 0.